The van der Waals surface area contributed by atoms with Crippen molar-refractivity contribution >= 4 is 11.9 Å². The average Bonchev–Trinajstić information content (AvgIpc) is 2.55. The van der Waals surface area contributed by atoms with Crippen molar-refractivity contribution in [3.63, 3.8) is 0 Å². The van der Waals surface area contributed by atoms with Crippen molar-refractivity contribution in [2.24, 2.45) is 11.8 Å². The maximum absolute atomic E-state index is 12.4. The highest BCUT2D eigenvalue weighted by atomic mass is 16.4. The number of hydrogen-bond acceptors (Lipinski definition) is 2. The van der Waals surface area contributed by atoms with Crippen LogP contribution in [0.5, 0.6) is 0 Å². The molecule has 2 heterocycles. The molecule has 0 spiro atoms. The number of fused-ring (bicyclic) bond motifs is 2. The smallest absolute Gasteiger partial charge is 0.303 e. The van der Waals surface area contributed by atoms with Crippen molar-refractivity contribution in [2.45, 2.75) is 69.9 Å². The van der Waals surface area contributed by atoms with Crippen LogP contribution in [0.3, 0.4) is 0 Å². The van der Waals surface area contributed by atoms with Gasteiger partial charge < -0.3 is 10.0 Å². The van der Waals surface area contributed by atoms with Gasteiger partial charge in [-0.3, -0.25) is 9.59 Å². The van der Waals surface area contributed by atoms with Crippen molar-refractivity contribution in [1.82, 2.24) is 4.90 Å². The zero-order valence-corrected chi connectivity index (χ0v) is 11.4. The van der Waals surface area contributed by atoms with Gasteiger partial charge in [-0.25, -0.2) is 0 Å². The topological polar surface area (TPSA) is 57.6 Å². The third-order valence-corrected chi connectivity index (χ3v) is 5.27. The standard InChI is InChI=1S/C15H23NO3/c17-14(8-10-2-1-3-10)16-12-4-5-13(16)7-11(6-12)9-15(18)19/h10-13H,1-9H2,(H,18,19). The largest absolute Gasteiger partial charge is 0.481 e. The minimum atomic E-state index is -0.696. The lowest BCUT2D eigenvalue weighted by atomic mass is 9.82. The number of rotatable bonds is 4. The zero-order valence-electron chi connectivity index (χ0n) is 11.4. The lowest BCUT2D eigenvalue weighted by Gasteiger charge is -2.40. The van der Waals surface area contributed by atoms with E-state index in [1.807, 2.05) is 0 Å². The molecule has 2 bridgehead atoms. The van der Waals surface area contributed by atoms with E-state index in [9.17, 15) is 9.59 Å². The maximum Gasteiger partial charge on any atom is 0.303 e. The molecule has 3 fully saturated rings. The molecule has 4 heteroatoms. The summed E-state index contributed by atoms with van der Waals surface area (Å²) < 4.78 is 0. The molecule has 1 aliphatic carbocycles. The van der Waals surface area contributed by atoms with E-state index in [2.05, 4.69) is 4.90 Å². The van der Waals surface area contributed by atoms with Crippen LogP contribution < -0.4 is 0 Å². The summed E-state index contributed by atoms with van der Waals surface area (Å²) in [5.41, 5.74) is 0. The Morgan fingerprint density at radius 1 is 0.947 bits per heavy atom. The molecule has 1 N–H and O–H groups in total. The van der Waals surface area contributed by atoms with Crippen molar-refractivity contribution in [2.75, 3.05) is 0 Å². The summed E-state index contributed by atoms with van der Waals surface area (Å²) in [6.07, 6.45) is 8.69. The van der Waals surface area contributed by atoms with Gasteiger partial charge in [0.05, 0.1) is 0 Å². The summed E-state index contributed by atoms with van der Waals surface area (Å²) in [5.74, 6) is 0.552. The van der Waals surface area contributed by atoms with E-state index >= 15 is 0 Å². The van der Waals surface area contributed by atoms with E-state index in [0.29, 0.717) is 23.9 Å². The van der Waals surface area contributed by atoms with Crippen LogP contribution in [0.4, 0.5) is 0 Å². The number of amides is 1. The molecular formula is C15H23NO3. The van der Waals surface area contributed by atoms with Crippen LogP contribution in [0, 0.1) is 11.8 Å². The number of carbonyl (C=O) groups excluding carboxylic acids is 1. The number of carbonyl (C=O) groups is 2. The molecule has 0 aromatic carbocycles. The summed E-state index contributed by atoms with van der Waals surface area (Å²) in [5, 5.41) is 8.91. The molecule has 1 amide bonds. The van der Waals surface area contributed by atoms with Gasteiger partial charge in [-0.15, -0.1) is 0 Å². The van der Waals surface area contributed by atoms with Crippen molar-refractivity contribution in [3.8, 4) is 0 Å². The molecule has 3 aliphatic rings. The monoisotopic (exact) mass is 265 g/mol. The van der Waals surface area contributed by atoms with Crippen molar-refractivity contribution in [1.29, 1.82) is 0 Å². The highest BCUT2D eigenvalue weighted by Crippen LogP contribution is 2.41. The number of carboxylic acid groups (broad SMARTS) is 1. The van der Waals surface area contributed by atoms with E-state index in [4.69, 9.17) is 5.11 Å². The fraction of sp³-hybridized carbons (Fsp3) is 0.867. The number of piperidine rings is 1. The Labute approximate surface area is 114 Å². The molecule has 2 atom stereocenters. The lowest BCUT2D eigenvalue weighted by molar-refractivity contribution is -0.140. The summed E-state index contributed by atoms with van der Waals surface area (Å²) in [7, 11) is 0. The SMILES string of the molecule is O=C(O)CC1CC2CCC(C1)N2C(=O)CC1CCC1. The van der Waals surface area contributed by atoms with Gasteiger partial charge in [0, 0.05) is 24.9 Å². The fourth-order valence-electron chi connectivity index (χ4n) is 4.16. The first-order valence-corrected chi connectivity index (χ1v) is 7.66. The second-order valence-corrected chi connectivity index (χ2v) is 6.62. The van der Waals surface area contributed by atoms with Crippen LogP contribution in [0.2, 0.25) is 0 Å². The number of carboxylic acids is 1. The fourth-order valence-corrected chi connectivity index (χ4v) is 4.16. The second kappa shape index (κ2) is 5.14. The Kier molecular flexibility index (Phi) is 3.50. The van der Waals surface area contributed by atoms with Gasteiger partial charge in [-0.1, -0.05) is 6.42 Å². The summed E-state index contributed by atoms with van der Waals surface area (Å²) in [6.45, 7) is 0. The summed E-state index contributed by atoms with van der Waals surface area (Å²) in [4.78, 5) is 25.4. The van der Waals surface area contributed by atoms with Crippen LogP contribution >= 0.6 is 0 Å². The summed E-state index contributed by atoms with van der Waals surface area (Å²) >= 11 is 0. The average molecular weight is 265 g/mol. The first-order valence-electron chi connectivity index (χ1n) is 7.66. The molecule has 0 radical (unpaired) electrons. The molecule has 3 rings (SSSR count). The van der Waals surface area contributed by atoms with E-state index in [-0.39, 0.29) is 12.3 Å². The Bertz CT molecular complexity index is 364. The number of nitrogens with zero attached hydrogens (tertiary/aromatic N) is 1. The van der Waals surface area contributed by atoms with Gasteiger partial charge in [-0.05, 0) is 50.4 Å². The van der Waals surface area contributed by atoms with Crippen molar-refractivity contribution < 1.29 is 14.7 Å². The molecule has 1 saturated carbocycles. The molecular weight excluding hydrogens is 242 g/mol. The molecule has 2 aliphatic heterocycles. The molecule has 2 saturated heterocycles. The molecule has 0 aromatic rings. The van der Waals surface area contributed by atoms with Crippen LogP contribution in [0.15, 0.2) is 0 Å². The van der Waals surface area contributed by atoms with Crippen LogP contribution in [0.25, 0.3) is 0 Å². The summed E-state index contributed by atoms with van der Waals surface area (Å²) in [6, 6.07) is 0.659. The minimum absolute atomic E-state index is 0.275. The lowest BCUT2D eigenvalue weighted by Crippen LogP contribution is -2.47. The third kappa shape index (κ3) is 2.63. The van der Waals surface area contributed by atoms with Crippen molar-refractivity contribution in [3.05, 3.63) is 0 Å². The minimum Gasteiger partial charge on any atom is -0.481 e. The molecule has 2 unspecified atom stereocenters. The quantitative estimate of drug-likeness (QED) is 0.849. The molecule has 0 aromatic heterocycles. The van der Waals surface area contributed by atoms with E-state index in [0.717, 1.165) is 32.1 Å². The Hall–Kier alpha value is -1.06. The first-order chi connectivity index (χ1) is 9.13. The predicted molar refractivity (Wildman–Crippen MR) is 70.6 cm³/mol. The normalized spacial score (nSPS) is 34.1. The number of aliphatic carboxylic acids is 1. The van der Waals surface area contributed by atoms with Gasteiger partial charge in [0.2, 0.25) is 5.91 Å². The molecule has 106 valence electrons. The van der Waals surface area contributed by atoms with Crippen LogP contribution in [0.1, 0.15) is 57.8 Å². The van der Waals surface area contributed by atoms with Gasteiger partial charge in [0.25, 0.3) is 0 Å². The van der Waals surface area contributed by atoms with E-state index in [1.165, 1.54) is 19.3 Å². The molecule has 19 heavy (non-hydrogen) atoms. The Morgan fingerprint density at radius 3 is 2.05 bits per heavy atom. The maximum atomic E-state index is 12.4. The first kappa shape index (κ1) is 12.9. The Morgan fingerprint density at radius 2 is 1.58 bits per heavy atom. The second-order valence-electron chi connectivity index (χ2n) is 6.62. The van der Waals surface area contributed by atoms with E-state index in [1.54, 1.807) is 0 Å². The molecule has 4 nitrogen and oxygen atoms in total. The van der Waals surface area contributed by atoms with Crippen LogP contribution in [-0.2, 0) is 9.59 Å². The van der Waals surface area contributed by atoms with Gasteiger partial charge in [-0.2, -0.15) is 0 Å². The third-order valence-electron chi connectivity index (χ3n) is 5.27. The van der Waals surface area contributed by atoms with Gasteiger partial charge in [0.1, 0.15) is 0 Å². The van der Waals surface area contributed by atoms with Crippen LogP contribution in [-0.4, -0.2) is 34.0 Å². The predicted octanol–water partition coefficient (Wildman–Crippen LogP) is 2.42. The highest BCUT2D eigenvalue weighted by Gasteiger charge is 2.43. The van der Waals surface area contributed by atoms with E-state index < -0.39 is 5.97 Å². The Balaban J connectivity index is 1.59. The zero-order chi connectivity index (χ0) is 13.4. The highest BCUT2D eigenvalue weighted by molar-refractivity contribution is 5.78. The van der Waals surface area contributed by atoms with Gasteiger partial charge in [0.15, 0.2) is 0 Å². The number of hydrogen-bond donors (Lipinski definition) is 1. The van der Waals surface area contributed by atoms with Gasteiger partial charge >= 0.3 is 5.97 Å².